The molecule has 1 aromatic heterocycles. The number of fused-ring (bicyclic) bond motifs is 1. The maximum Gasteiger partial charge on any atom is 0.123 e. The number of benzene rings is 1. The molecular weight excluding hydrogens is 262 g/mol. The first-order valence-electron chi connectivity index (χ1n) is 7.65. The van der Waals surface area contributed by atoms with E-state index in [0.717, 1.165) is 44.1 Å². The number of hydrogen-bond donors (Lipinski definition) is 1. The summed E-state index contributed by atoms with van der Waals surface area (Å²) in [7, 11) is 6.51. The average Bonchev–Trinajstić information content (AvgIpc) is 2.80. The smallest absolute Gasteiger partial charge is 0.123 e. The molecule has 1 unspecified atom stereocenters. The maximum atomic E-state index is 4.71. The van der Waals surface area contributed by atoms with Gasteiger partial charge in [0.05, 0.1) is 17.6 Å². The maximum absolute atomic E-state index is 4.71. The molecule has 0 bridgehead atoms. The highest BCUT2D eigenvalue weighted by Crippen LogP contribution is 2.14. The normalized spacial score (nSPS) is 21.2. The minimum absolute atomic E-state index is 0.582. The summed E-state index contributed by atoms with van der Waals surface area (Å²) < 4.78 is 2.18. The lowest BCUT2D eigenvalue weighted by Crippen LogP contribution is -2.53. The lowest BCUT2D eigenvalue weighted by atomic mass is 10.2. The fourth-order valence-corrected chi connectivity index (χ4v) is 3.03. The van der Waals surface area contributed by atoms with Gasteiger partial charge in [0.25, 0.3) is 0 Å². The van der Waals surface area contributed by atoms with E-state index >= 15 is 0 Å². The third-order valence-corrected chi connectivity index (χ3v) is 4.52. The molecule has 0 radical (unpaired) electrons. The Hall–Kier alpha value is -1.43. The van der Waals surface area contributed by atoms with Crippen molar-refractivity contribution in [3.05, 3.63) is 30.1 Å². The minimum atomic E-state index is 0.582. The van der Waals surface area contributed by atoms with Crippen molar-refractivity contribution < 1.29 is 0 Å². The van der Waals surface area contributed by atoms with Gasteiger partial charge in [-0.05, 0) is 26.2 Å². The second-order valence-corrected chi connectivity index (χ2v) is 6.10. The topological polar surface area (TPSA) is 36.3 Å². The Balaban J connectivity index is 1.60. The van der Waals surface area contributed by atoms with Gasteiger partial charge < -0.3 is 14.8 Å². The molecule has 1 aliphatic heterocycles. The van der Waals surface area contributed by atoms with E-state index < -0.39 is 0 Å². The van der Waals surface area contributed by atoms with Crippen LogP contribution in [0.4, 0.5) is 0 Å². The second-order valence-electron chi connectivity index (χ2n) is 6.10. The molecule has 1 N–H and O–H groups in total. The van der Waals surface area contributed by atoms with Crippen molar-refractivity contribution in [3.8, 4) is 0 Å². The number of hydrogen-bond acceptors (Lipinski definition) is 4. The Labute approximate surface area is 126 Å². The van der Waals surface area contributed by atoms with E-state index in [1.807, 2.05) is 6.07 Å². The van der Waals surface area contributed by atoms with Crippen LogP contribution in [0.25, 0.3) is 11.0 Å². The van der Waals surface area contributed by atoms with Gasteiger partial charge in [-0.15, -0.1) is 0 Å². The molecule has 1 aliphatic rings. The summed E-state index contributed by atoms with van der Waals surface area (Å²) >= 11 is 0. The predicted molar refractivity (Wildman–Crippen MR) is 86.3 cm³/mol. The van der Waals surface area contributed by atoms with Crippen molar-refractivity contribution in [2.45, 2.75) is 12.6 Å². The molecule has 21 heavy (non-hydrogen) atoms. The van der Waals surface area contributed by atoms with E-state index in [0.29, 0.717) is 6.04 Å². The molecule has 0 saturated carbocycles. The van der Waals surface area contributed by atoms with Crippen LogP contribution in [0.5, 0.6) is 0 Å². The van der Waals surface area contributed by atoms with E-state index in [-0.39, 0.29) is 0 Å². The van der Waals surface area contributed by atoms with Crippen LogP contribution in [-0.4, -0.2) is 65.7 Å². The van der Waals surface area contributed by atoms with Crippen LogP contribution < -0.4 is 5.32 Å². The van der Waals surface area contributed by atoms with Crippen LogP contribution in [0.15, 0.2) is 24.3 Å². The number of likely N-dealkylation sites (N-methyl/N-ethyl adjacent to an activating group) is 2. The SMILES string of the molecule is CN1CCN(C)C(CNCc2nc3ccccc3n2C)C1. The van der Waals surface area contributed by atoms with E-state index in [2.05, 4.69) is 59.0 Å². The van der Waals surface area contributed by atoms with Crippen LogP contribution in [0, 0.1) is 0 Å². The molecule has 0 spiro atoms. The highest BCUT2D eigenvalue weighted by molar-refractivity contribution is 5.75. The lowest BCUT2D eigenvalue weighted by molar-refractivity contribution is 0.113. The van der Waals surface area contributed by atoms with Crippen LogP contribution in [0.1, 0.15) is 5.82 Å². The van der Waals surface area contributed by atoms with Gasteiger partial charge in [-0.1, -0.05) is 12.1 Å². The number of nitrogens with zero attached hydrogens (tertiary/aromatic N) is 4. The zero-order chi connectivity index (χ0) is 14.8. The van der Waals surface area contributed by atoms with Crippen molar-refractivity contribution in [3.63, 3.8) is 0 Å². The minimum Gasteiger partial charge on any atom is -0.330 e. The van der Waals surface area contributed by atoms with Gasteiger partial charge in [-0.3, -0.25) is 4.90 Å². The predicted octanol–water partition coefficient (Wildman–Crippen LogP) is 0.909. The van der Waals surface area contributed by atoms with Gasteiger partial charge in [0.1, 0.15) is 5.82 Å². The summed E-state index contributed by atoms with van der Waals surface area (Å²) in [4.78, 5) is 9.56. The highest BCUT2D eigenvalue weighted by Gasteiger charge is 2.21. The molecular formula is C16H25N5. The Bertz CT molecular complexity index is 606. The van der Waals surface area contributed by atoms with Crippen molar-refractivity contribution in [2.24, 2.45) is 7.05 Å². The fourth-order valence-electron chi connectivity index (χ4n) is 3.03. The van der Waals surface area contributed by atoms with Gasteiger partial charge in [-0.25, -0.2) is 4.98 Å². The Kier molecular flexibility index (Phi) is 4.24. The summed E-state index contributed by atoms with van der Waals surface area (Å²) in [6.45, 7) is 5.27. The van der Waals surface area contributed by atoms with Gasteiger partial charge >= 0.3 is 0 Å². The Morgan fingerprint density at radius 1 is 1.19 bits per heavy atom. The number of imidazole rings is 1. The Morgan fingerprint density at radius 3 is 2.81 bits per heavy atom. The fraction of sp³-hybridized carbons (Fsp3) is 0.562. The summed E-state index contributed by atoms with van der Waals surface area (Å²) in [5, 5.41) is 3.57. The molecule has 1 saturated heterocycles. The molecule has 5 nitrogen and oxygen atoms in total. The average molecular weight is 287 g/mol. The second kappa shape index (κ2) is 6.13. The largest absolute Gasteiger partial charge is 0.330 e. The van der Waals surface area contributed by atoms with Crippen LogP contribution in [0.2, 0.25) is 0 Å². The quantitative estimate of drug-likeness (QED) is 0.907. The van der Waals surface area contributed by atoms with E-state index in [1.165, 1.54) is 5.52 Å². The van der Waals surface area contributed by atoms with E-state index in [1.54, 1.807) is 0 Å². The van der Waals surface area contributed by atoms with Gasteiger partial charge in [-0.2, -0.15) is 0 Å². The molecule has 0 amide bonds. The molecule has 5 heteroatoms. The van der Waals surface area contributed by atoms with Crippen LogP contribution >= 0.6 is 0 Å². The first-order chi connectivity index (χ1) is 10.1. The van der Waals surface area contributed by atoms with Crippen molar-refractivity contribution >= 4 is 11.0 Å². The molecule has 2 heterocycles. The first kappa shape index (κ1) is 14.5. The van der Waals surface area contributed by atoms with Crippen LogP contribution in [-0.2, 0) is 13.6 Å². The molecule has 114 valence electrons. The number of nitrogens with one attached hydrogen (secondary N) is 1. The van der Waals surface area contributed by atoms with Crippen molar-refractivity contribution in [1.29, 1.82) is 0 Å². The molecule has 3 rings (SSSR count). The number of para-hydroxylation sites is 2. The number of rotatable bonds is 4. The highest BCUT2D eigenvalue weighted by atomic mass is 15.3. The van der Waals surface area contributed by atoms with Gasteiger partial charge in [0.2, 0.25) is 0 Å². The molecule has 1 fully saturated rings. The standard InChI is InChI=1S/C16H25N5/c1-19-8-9-20(2)13(12-19)10-17-11-16-18-14-6-4-5-7-15(14)21(16)3/h4-7,13,17H,8-12H2,1-3H3. The Morgan fingerprint density at radius 2 is 2.00 bits per heavy atom. The first-order valence-corrected chi connectivity index (χ1v) is 7.65. The number of piperazine rings is 1. The number of aryl methyl sites for hydroxylation is 1. The van der Waals surface area contributed by atoms with Gasteiger partial charge in [0.15, 0.2) is 0 Å². The monoisotopic (exact) mass is 287 g/mol. The van der Waals surface area contributed by atoms with E-state index in [4.69, 9.17) is 4.98 Å². The van der Waals surface area contributed by atoms with E-state index in [9.17, 15) is 0 Å². The third-order valence-electron chi connectivity index (χ3n) is 4.52. The zero-order valence-electron chi connectivity index (χ0n) is 13.2. The molecule has 0 aliphatic carbocycles. The molecule has 1 atom stereocenters. The van der Waals surface area contributed by atoms with Gasteiger partial charge in [0, 0.05) is 39.3 Å². The summed E-state index contributed by atoms with van der Waals surface area (Å²) in [5.41, 5.74) is 2.27. The lowest BCUT2D eigenvalue weighted by Gasteiger charge is -2.37. The molecule has 1 aromatic carbocycles. The summed E-state index contributed by atoms with van der Waals surface area (Å²) in [5.74, 6) is 1.10. The third kappa shape index (κ3) is 3.10. The van der Waals surface area contributed by atoms with Crippen LogP contribution in [0.3, 0.4) is 0 Å². The number of aromatic nitrogens is 2. The zero-order valence-corrected chi connectivity index (χ0v) is 13.2. The summed E-state index contributed by atoms with van der Waals surface area (Å²) in [6, 6.07) is 8.88. The molecule has 2 aromatic rings. The van der Waals surface area contributed by atoms with Crippen molar-refractivity contribution in [2.75, 3.05) is 40.3 Å². The van der Waals surface area contributed by atoms with Crippen molar-refractivity contribution in [1.82, 2.24) is 24.7 Å². The summed E-state index contributed by atoms with van der Waals surface area (Å²) in [6.07, 6.45) is 0.